The van der Waals surface area contributed by atoms with Crippen molar-refractivity contribution in [1.29, 1.82) is 0 Å². The van der Waals surface area contributed by atoms with E-state index in [-0.39, 0.29) is 154 Å². The van der Waals surface area contributed by atoms with E-state index in [1.165, 1.54) is 22.0 Å². The lowest BCUT2D eigenvalue weighted by Gasteiger charge is -2.41. The van der Waals surface area contributed by atoms with E-state index >= 15 is 0 Å². The molecule has 2 heterocycles. The molecule has 30 heteroatoms. The Balaban J connectivity index is -0.000000279. The second kappa shape index (κ2) is 79.2. The highest BCUT2D eigenvalue weighted by molar-refractivity contribution is 5.95. The molecule has 0 aromatic carbocycles. The molecule has 0 saturated carbocycles. The monoisotopic (exact) mass is 1940 g/mol. The molecule has 2 fully saturated rings. The van der Waals surface area contributed by atoms with Crippen molar-refractivity contribution in [2.75, 3.05) is 167 Å². The quantitative estimate of drug-likeness (QED) is 0.0289. The molecule has 0 radical (unpaired) electrons. The zero-order valence-electron chi connectivity index (χ0n) is 91.8. The Labute approximate surface area is 826 Å². The summed E-state index contributed by atoms with van der Waals surface area (Å²) < 4.78 is 58.1. The lowest BCUT2D eigenvalue weighted by molar-refractivity contribution is -0.130. The number of likely N-dealkylation sites (N-methyl/N-ethyl adjacent to an activating group) is 5. The predicted molar refractivity (Wildman–Crippen MR) is 554 cm³/mol. The summed E-state index contributed by atoms with van der Waals surface area (Å²) in [4.78, 5) is 172. The predicted octanol–water partition coefficient (Wildman–Crippen LogP) is 16.9. The summed E-state index contributed by atoms with van der Waals surface area (Å²) >= 11 is 0. The van der Waals surface area contributed by atoms with Crippen LogP contribution in [0.3, 0.4) is 0 Å². The number of rotatable bonds is 50. The highest BCUT2D eigenvalue weighted by atomic mass is 19.3. The first-order chi connectivity index (χ1) is 63.0. The van der Waals surface area contributed by atoms with Gasteiger partial charge in [0.2, 0.25) is 17.7 Å². The number of allylic oxidation sites excluding steroid dienone is 10. The summed E-state index contributed by atoms with van der Waals surface area (Å²) in [7, 11) is 12.9. The van der Waals surface area contributed by atoms with E-state index in [0.717, 1.165) is 58.8 Å². The molecule has 0 bridgehead atoms. The highest BCUT2D eigenvalue weighted by Gasteiger charge is 2.58. The largest absolute Gasteiger partial charge is 0.444 e. The van der Waals surface area contributed by atoms with Gasteiger partial charge in [0, 0.05) is 158 Å². The van der Waals surface area contributed by atoms with E-state index in [1.54, 1.807) is 108 Å². The fourth-order valence-corrected chi connectivity index (χ4v) is 10.2. The zero-order chi connectivity index (χ0) is 108. The van der Waals surface area contributed by atoms with Gasteiger partial charge < -0.3 is 40.2 Å². The van der Waals surface area contributed by atoms with Gasteiger partial charge in [-0.15, -0.1) is 0 Å². The number of nitrogens with zero attached hydrogens (tertiary/aromatic N) is 8. The average Bonchev–Trinajstić information content (AvgIpc) is 1.64. The number of halogens is 4. The van der Waals surface area contributed by atoms with Gasteiger partial charge in [-0.1, -0.05) is 193 Å². The molecule has 26 nitrogen and oxygen atoms in total. The fraction of sp³-hybridized carbons (Fsp3) is 0.701. The number of nitrogens with one attached hydrogen (secondary N) is 3. The van der Waals surface area contributed by atoms with Crippen LogP contribution in [-0.4, -0.2) is 316 Å². The number of likely N-dealkylation sites (tertiary alicyclic amines) is 2. The van der Waals surface area contributed by atoms with Crippen molar-refractivity contribution in [3.63, 3.8) is 0 Å². The molecule has 0 aromatic rings. The highest BCUT2D eigenvalue weighted by Crippen LogP contribution is 2.39. The molecule has 3 N–H and O–H groups in total. The van der Waals surface area contributed by atoms with Gasteiger partial charge >= 0.3 is 6.09 Å². The summed E-state index contributed by atoms with van der Waals surface area (Å²) in [6.45, 7) is 63.7. The Morgan fingerprint density at radius 2 is 0.723 bits per heavy atom. The van der Waals surface area contributed by atoms with Gasteiger partial charge in [-0.05, 0) is 204 Å². The van der Waals surface area contributed by atoms with Crippen molar-refractivity contribution >= 4 is 81.6 Å². The standard InChI is InChI=1S/C15H28N2O2.C14H25NO3.C13H24N2O2.C12H18F3NO.C12H22N2O2.C11H18FNO.C11H18O2.C10H19NO.C9H17NO/c1-7-17(10-8-9-13(18)12(2)3)11-14(19)16-15(4,5)6;1-11(2)12(16)9-7-8-10-15(6)13(17)18-14(3,4)5;1-6-15(5)13(17)10-14(4)9-7-8-12(16)11(2)3;1-9(2)10(17)5-4-6-16-7-11(3,13)12(14,15)8-16;1-5-14(9-12(16)13-4)8-6-7-11(15)10(2)3;1-9(2)10(14)5-4-6-13-7-11(3,12)8-13;1-9(2)11(13)8-6-4-5-7-10(3)12;1-9(2)10(12)7-5-6-8-11(3)4;1-8(2)9(11)6-4-5-7-10-3/h8-9,12H,7,10-11H2,1-6H3,(H,16,19);7,9,11H,8,10H2,1-6H3;7-8,11H,6,9-10H2,1-5H3;4-5,9H,6-8H2,1-3H3;6-7,10H,5,8-9H2,1-4H3,(H,13,16);4-5,9H,6-8H2,1-3H3;6,8-9H,4-5,7H2,1-3H3;5,7,9H,6,8H2,1-4H3;4,6,8,10H,5,7H2,1-3H3/b9-8+;9-7+;8-7+;5-4+;7-6+;5-4+;8-6+;7-5+;6-4+. The minimum absolute atomic E-state index is 0.00886. The van der Waals surface area contributed by atoms with Crippen molar-refractivity contribution in [2.45, 2.75) is 275 Å². The van der Waals surface area contributed by atoms with Crippen LogP contribution < -0.4 is 16.0 Å². The molecule has 1 atom stereocenters. The molecule has 790 valence electrons. The second-order valence-electron chi connectivity index (χ2n) is 39.8. The molecule has 0 aromatic heterocycles. The summed E-state index contributed by atoms with van der Waals surface area (Å²) in [5, 5.41) is 8.51. The molecule has 2 aliphatic heterocycles. The molecule has 2 saturated heterocycles. The number of carbonyl (C=O) groups excluding carboxylic acids is 14. The first-order valence-electron chi connectivity index (χ1n) is 48.6. The Morgan fingerprint density at radius 1 is 0.401 bits per heavy atom. The minimum Gasteiger partial charge on any atom is -0.444 e. The maximum absolute atomic E-state index is 13.5. The summed E-state index contributed by atoms with van der Waals surface area (Å²) in [5.74, 6) is -1.51. The maximum Gasteiger partial charge on any atom is 0.410 e. The normalized spacial score (nSPS) is 14.9. The van der Waals surface area contributed by atoms with Gasteiger partial charge in [0.25, 0.3) is 5.92 Å². The van der Waals surface area contributed by atoms with Crippen LogP contribution in [-0.2, 0) is 67.1 Å². The van der Waals surface area contributed by atoms with Crippen molar-refractivity contribution in [3.05, 3.63) is 109 Å². The third-order valence-electron chi connectivity index (χ3n) is 19.6. The Kier molecular flexibility index (Phi) is 81.8. The molecule has 0 aliphatic carbocycles. The number of alkyl halides is 4. The van der Waals surface area contributed by atoms with Crippen molar-refractivity contribution in [3.8, 4) is 0 Å². The van der Waals surface area contributed by atoms with E-state index in [0.29, 0.717) is 84.8 Å². The molecular weight excluding hydrogens is 1760 g/mol. The van der Waals surface area contributed by atoms with Gasteiger partial charge in [-0.3, -0.25) is 82.0 Å². The number of amides is 4. The van der Waals surface area contributed by atoms with Gasteiger partial charge in [0.15, 0.2) is 57.7 Å². The zero-order valence-corrected chi connectivity index (χ0v) is 91.8. The molecule has 4 amide bonds. The van der Waals surface area contributed by atoms with Gasteiger partial charge in [-0.2, -0.15) is 0 Å². The summed E-state index contributed by atoms with van der Waals surface area (Å²) in [5.41, 5.74) is -4.19. The molecule has 2 rings (SSSR count). The average molecular weight is 1950 g/mol. The van der Waals surface area contributed by atoms with Crippen LogP contribution in [0.4, 0.5) is 22.4 Å². The molecule has 137 heavy (non-hydrogen) atoms. The second-order valence-corrected chi connectivity index (χ2v) is 39.8. The smallest absolute Gasteiger partial charge is 0.410 e. The van der Waals surface area contributed by atoms with E-state index < -0.39 is 29.4 Å². The van der Waals surface area contributed by atoms with Crippen LogP contribution in [0.15, 0.2) is 109 Å². The lowest BCUT2D eigenvalue weighted by atomic mass is 9.99. The lowest BCUT2D eigenvalue weighted by Crippen LogP contribution is -2.56. The van der Waals surface area contributed by atoms with Crippen molar-refractivity contribution in [1.82, 2.24) is 55.1 Å². The molecule has 2 aliphatic rings. The molecule has 0 spiro atoms. The first kappa shape index (κ1) is 141. The minimum atomic E-state index is -3.32. The summed E-state index contributed by atoms with van der Waals surface area (Å²) in [6.07, 6.45) is 35.1. The number of Topliss-reactive ketones (excluding diaryl/α,β-unsaturated/α-hetero) is 1. The van der Waals surface area contributed by atoms with Crippen LogP contribution in [0.2, 0.25) is 0 Å². The molecular formula is C107H189F4N11O15. The SMILES string of the molecule is CC(=O)CCC/C=C/C(=O)C(C)C.CC(C)C(=O)/C=C/CCN(C)C.CC(C)C(=O)/C=C/CCN(C)C(=O)OC(C)(C)C.CC(C)C(=O)/C=C/CN1CC(C)(F)C(F)(F)C1.CC(C)C(=O)/C=C/CN1CC(C)(F)C1.CCN(C)C(=O)CN(C)C/C=C/C(=O)C(C)C.CCN(C/C=C/C(=O)C(C)C)CC(=O)NC.CCN(C/C=C/C(=O)C(C)C)CC(=O)NC(C)(C)C.CNCC/C=C/C(=O)C(C)C. The van der Waals surface area contributed by atoms with Gasteiger partial charge in [0.1, 0.15) is 17.1 Å². The molecule has 1 unspecified atom stereocenters. The van der Waals surface area contributed by atoms with Gasteiger partial charge in [0.05, 0.1) is 26.2 Å². The van der Waals surface area contributed by atoms with Gasteiger partial charge in [-0.25, -0.2) is 22.4 Å². The van der Waals surface area contributed by atoms with E-state index in [4.69, 9.17) is 4.74 Å². The Hall–Kier alpha value is -8.52. The van der Waals surface area contributed by atoms with Crippen LogP contribution in [0.25, 0.3) is 0 Å². The van der Waals surface area contributed by atoms with E-state index in [2.05, 4.69) is 20.9 Å². The Morgan fingerprint density at radius 3 is 1.01 bits per heavy atom. The Bertz CT molecular complexity index is 3740. The van der Waals surface area contributed by atoms with E-state index in [9.17, 15) is 84.7 Å². The van der Waals surface area contributed by atoms with Crippen LogP contribution in [0.5, 0.6) is 0 Å². The first-order valence-corrected chi connectivity index (χ1v) is 48.6. The van der Waals surface area contributed by atoms with Crippen LogP contribution in [0, 0.1) is 53.3 Å². The summed E-state index contributed by atoms with van der Waals surface area (Å²) in [6, 6.07) is 0. The number of ketones is 10. The third kappa shape index (κ3) is 86.3. The number of carbonyl (C=O) groups is 14. The van der Waals surface area contributed by atoms with Crippen molar-refractivity contribution in [2.24, 2.45) is 53.3 Å². The third-order valence-corrected chi connectivity index (χ3v) is 19.6. The maximum atomic E-state index is 13.5. The number of unbranched alkanes of at least 4 members (excludes halogenated alkanes) is 1. The van der Waals surface area contributed by atoms with Crippen LogP contribution in [0.1, 0.15) is 246 Å². The number of hydrogen-bond acceptors (Lipinski definition) is 22. The topological polar surface area (TPSA) is 310 Å². The van der Waals surface area contributed by atoms with Crippen LogP contribution >= 0.6 is 0 Å². The number of ether oxygens (including phenoxy) is 1. The fourth-order valence-electron chi connectivity index (χ4n) is 10.2. The van der Waals surface area contributed by atoms with Crippen molar-refractivity contribution < 1.29 is 89.4 Å². The number of hydrogen-bond donors (Lipinski definition) is 3. The van der Waals surface area contributed by atoms with E-state index in [1.807, 2.05) is 263 Å².